The van der Waals surface area contributed by atoms with Crippen molar-refractivity contribution in [2.45, 2.75) is 13.8 Å². The molecule has 4 nitrogen and oxygen atoms in total. The van der Waals surface area contributed by atoms with Gasteiger partial charge in [-0.1, -0.05) is 11.6 Å². The first kappa shape index (κ1) is 12.5. The molecule has 0 aliphatic rings. The Morgan fingerprint density at radius 1 is 1.28 bits per heavy atom. The zero-order valence-electron chi connectivity index (χ0n) is 10.1. The molecule has 0 spiro atoms. The van der Waals surface area contributed by atoms with Crippen LogP contribution in [-0.2, 0) is 0 Å². The highest BCUT2D eigenvalue weighted by Gasteiger charge is 2.12. The zero-order chi connectivity index (χ0) is 13.1. The quantitative estimate of drug-likeness (QED) is 0.904. The van der Waals surface area contributed by atoms with Gasteiger partial charge in [-0.2, -0.15) is 0 Å². The molecule has 0 fully saturated rings. The number of nitrogens with one attached hydrogen (secondary N) is 1. The van der Waals surface area contributed by atoms with Crippen molar-refractivity contribution in [1.82, 2.24) is 9.97 Å². The van der Waals surface area contributed by atoms with E-state index in [0.717, 1.165) is 5.69 Å². The Morgan fingerprint density at radius 2 is 2.06 bits per heavy atom. The summed E-state index contributed by atoms with van der Waals surface area (Å²) in [7, 11) is 0. The monoisotopic (exact) mass is 261 g/mol. The van der Waals surface area contributed by atoms with Gasteiger partial charge in [-0.15, -0.1) is 0 Å². The third-order valence-corrected chi connectivity index (χ3v) is 2.77. The van der Waals surface area contributed by atoms with Crippen molar-refractivity contribution in [3.8, 4) is 0 Å². The van der Waals surface area contributed by atoms with Crippen molar-refractivity contribution in [3.05, 3.63) is 52.4 Å². The number of aromatic nitrogens is 2. The topological polar surface area (TPSA) is 54.9 Å². The molecule has 0 aromatic carbocycles. The molecule has 92 valence electrons. The number of hydrogen-bond donors (Lipinski definition) is 1. The summed E-state index contributed by atoms with van der Waals surface area (Å²) in [5.41, 5.74) is 2.07. The van der Waals surface area contributed by atoms with Crippen molar-refractivity contribution in [3.63, 3.8) is 0 Å². The van der Waals surface area contributed by atoms with Gasteiger partial charge >= 0.3 is 0 Å². The maximum atomic E-state index is 12.0. The Morgan fingerprint density at radius 3 is 2.72 bits per heavy atom. The summed E-state index contributed by atoms with van der Waals surface area (Å²) < 4.78 is 0. The molecule has 0 radical (unpaired) electrons. The second-order valence-electron chi connectivity index (χ2n) is 3.87. The third kappa shape index (κ3) is 2.65. The number of halogens is 1. The molecule has 0 saturated heterocycles. The number of carbonyl (C=O) groups is 1. The van der Waals surface area contributed by atoms with Gasteiger partial charge in [0.05, 0.1) is 16.3 Å². The lowest BCUT2D eigenvalue weighted by Crippen LogP contribution is -2.15. The van der Waals surface area contributed by atoms with Crippen molar-refractivity contribution < 1.29 is 4.79 Å². The zero-order valence-corrected chi connectivity index (χ0v) is 10.8. The number of aryl methyl sites for hydroxylation is 2. The van der Waals surface area contributed by atoms with Crippen molar-refractivity contribution in [2.24, 2.45) is 0 Å². The molecule has 2 aromatic heterocycles. The molecule has 2 aromatic rings. The van der Waals surface area contributed by atoms with E-state index in [2.05, 4.69) is 15.3 Å². The summed E-state index contributed by atoms with van der Waals surface area (Å²) in [6.07, 6.45) is 1.57. The maximum Gasteiger partial charge on any atom is 0.258 e. The number of amides is 1. The van der Waals surface area contributed by atoms with Gasteiger partial charge in [-0.25, -0.2) is 4.98 Å². The normalized spacial score (nSPS) is 10.2. The lowest BCUT2D eigenvalue weighted by atomic mass is 10.1. The Bertz CT molecular complexity index is 599. The van der Waals surface area contributed by atoms with Crippen LogP contribution < -0.4 is 5.32 Å². The van der Waals surface area contributed by atoms with E-state index >= 15 is 0 Å². The Kier molecular flexibility index (Phi) is 3.58. The average Bonchev–Trinajstić information content (AvgIpc) is 2.32. The predicted octanol–water partition coefficient (Wildman–Crippen LogP) is 3.00. The molecule has 0 aliphatic carbocycles. The van der Waals surface area contributed by atoms with Crippen LogP contribution in [-0.4, -0.2) is 15.9 Å². The van der Waals surface area contributed by atoms with Gasteiger partial charge in [-0.3, -0.25) is 9.78 Å². The van der Waals surface area contributed by atoms with E-state index in [9.17, 15) is 4.79 Å². The van der Waals surface area contributed by atoms with Crippen LogP contribution in [0.1, 0.15) is 21.7 Å². The summed E-state index contributed by atoms with van der Waals surface area (Å²) in [5.74, 6) is 0.0877. The molecule has 18 heavy (non-hydrogen) atoms. The Hall–Kier alpha value is -1.94. The summed E-state index contributed by atoms with van der Waals surface area (Å²) in [4.78, 5) is 20.3. The highest BCUT2D eigenvalue weighted by atomic mass is 35.5. The van der Waals surface area contributed by atoms with E-state index in [1.54, 1.807) is 37.4 Å². The molecule has 1 amide bonds. The molecule has 0 unspecified atom stereocenters. The van der Waals surface area contributed by atoms with E-state index in [-0.39, 0.29) is 5.91 Å². The largest absolute Gasteiger partial charge is 0.305 e. The number of nitrogens with zero attached hydrogens (tertiary/aromatic N) is 2. The van der Waals surface area contributed by atoms with Crippen LogP contribution in [0.3, 0.4) is 0 Å². The number of hydrogen-bond acceptors (Lipinski definition) is 3. The molecule has 2 rings (SSSR count). The summed E-state index contributed by atoms with van der Waals surface area (Å²) in [6.45, 7) is 3.67. The lowest BCUT2D eigenvalue weighted by Gasteiger charge is -2.08. The molecule has 0 aliphatic heterocycles. The first-order valence-corrected chi connectivity index (χ1v) is 5.82. The standard InChI is InChI=1S/C13H12ClN3O/c1-8-5-6-10(9(2)16-8)13(18)17-12-11(14)4-3-7-15-12/h3-7H,1-2H3,(H,15,17,18). The number of anilines is 1. The van der Waals surface area contributed by atoms with E-state index in [1.807, 2.05) is 6.92 Å². The fraction of sp³-hybridized carbons (Fsp3) is 0.154. The summed E-state index contributed by atoms with van der Waals surface area (Å²) in [6, 6.07) is 6.91. The summed E-state index contributed by atoms with van der Waals surface area (Å²) in [5, 5.41) is 3.07. The van der Waals surface area contributed by atoms with Crippen molar-refractivity contribution in [2.75, 3.05) is 5.32 Å². The Labute approximate surface area is 110 Å². The second-order valence-corrected chi connectivity index (χ2v) is 4.28. The molecule has 0 bridgehead atoms. The number of pyridine rings is 2. The first-order valence-electron chi connectivity index (χ1n) is 5.44. The van der Waals surface area contributed by atoms with Crippen LogP contribution in [0.15, 0.2) is 30.5 Å². The minimum atomic E-state index is -0.263. The number of carbonyl (C=O) groups excluding carboxylic acids is 1. The van der Waals surface area contributed by atoms with Crippen LogP contribution >= 0.6 is 11.6 Å². The van der Waals surface area contributed by atoms with E-state index < -0.39 is 0 Å². The molecule has 0 atom stereocenters. The fourth-order valence-corrected chi connectivity index (χ4v) is 1.75. The molecular weight excluding hydrogens is 250 g/mol. The van der Waals surface area contributed by atoms with Crippen LogP contribution in [0.2, 0.25) is 5.02 Å². The van der Waals surface area contributed by atoms with Crippen LogP contribution in [0.5, 0.6) is 0 Å². The minimum Gasteiger partial charge on any atom is -0.305 e. The van der Waals surface area contributed by atoms with E-state index in [4.69, 9.17) is 11.6 Å². The molecular formula is C13H12ClN3O. The van der Waals surface area contributed by atoms with Crippen molar-refractivity contribution >= 4 is 23.3 Å². The van der Waals surface area contributed by atoms with E-state index in [1.165, 1.54) is 0 Å². The maximum absolute atomic E-state index is 12.0. The van der Waals surface area contributed by atoms with Gasteiger partial charge in [0.2, 0.25) is 0 Å². The first-order chi connectivity index (χ1) is 8.58. The molecule has 1 N–H and O–H groups in total. The highest BCUT2D eigenvalue weighted by Crippen LogP contribution is 2.18. The van der Waals surface area contributed by atoms with Crippen LogP contribution in [0.4, 0.5) is 5.82 Å². The lowest BCUT2D eigenvalue weighted by molar-refractivity contribution is 0.102. The minimum absolute atomic E-state index is 0.263. The van der Waals surface area contributed by atoms with Crippen LogP contribution in [0.25, 0.3) is 0 Å². The predicted molar refractivity (Wildman–Crippen MR) is 70.9 cm³/mol. The fourth-order valence-electron chi connectivity index (χ4n) is 1.58. The van der Waals surface area contributed by atoms with Crippen LogP contribution in [0, 0.1) is 13.8 Å². The summed E-state index contributed by atoms with van der Waals surface area (Å²) >= 11 is 5.93. The molecule has 0 saturated carbocycles. The van der Waals surface area contributed by atoms with Crippen molar-refractivity contribution in [1.29, 1.82) is 0 Å². The molecule has 2 heterocycles. The van der Waals surface area contributed by atoms with E-state index in [0.29, 0.717) is 22.1 Å². The van der Waals surface area contributed by atoms with Gasteiger partial charge in [0.1, 0.15) is 0 Å². The third-order valence-electron chi connectivity index (χ3n) is 2.46. The highest BCUT2D eigenvalue weighted by molar-refractivity contribution is 6.33. The van der Waals surface area contributed by atoms with Gasteiger partial charge in [-0.05, 0) is 38.1 Å². The SMILES string of the molecule is Cc1ccc(C(=O)Nc2ncccc2Cl)c(C)n1. The smallest absolute Gasteiger partial charge is 0.258 e. The second kappa shape index (κ2) is 5.14. The van der Waals surface area contributed by atoms with Gasteiger partial charge < -0.3 is 5.32 Å². The number of rotatable bonds is 2. The molecule has 5 heteroatoms. The average molecular weight is 262 g/mol. The Balaban J connectivity index is 2.25. The van der Waals surface area contributed by atoms with Gasteiger partial charge in [0, 0.05) is 11.9 Å². The van der Waals surface area contributed by atoms with Gasteiger partial charge in [0.25, 0.3) is 5.91 Å². The van der Waals surface area contributed by atoms with Gasteiger partial charge in [0.15, 0.2) is 5.82 Å².